The van der Waals surface area contributed by atoms with Gasteiger partial charge in [-0.15, -0.1) is 0 Å². The van der Waals surface area contributed by atoms with Gasteiger partial charge < -0.3 is 15.0 Å². The molecule has 19 heavy (non-hydrogen) atoms. The Morgan fingerprint density at radius 3 is 2.68 bits per heavy atom. The Labute approximate surface area is 116 Å². The van der Waals surface area contributed by atoms with Gasteiger partial charge in [0.05, 0.1) is 18.8 Å². The fraction of sp³-hybridized carbons (Fsp3) is 0.667. The molecule has 1 aromatic heterocycles. The van der Waals surface area contributed by atoms with Gasteiger partial charge in [0.15, 0.2) is 0 Å². The number of hydrogen-bond acceptors (Lipinski definition) is 4. The molecule has 0 amide bonds. The van der Waals surface area contributed by atoms with E-state index in [2.05, 4.69) is 57.0 Å². The average molecular weight is 263 g/mol. The Bertz CT molecular complexity index is 437. The minimum absolute atomic E-state index is 0.00833. The van der Waals surface area contributed by atoms with Gasteiger partial charge in [-0.2, -0.15) is 0 Å². The van der Waals surface area contributed by atoms with Crippen molar-refractivity contribution < 1.29 is 4.74 Å². The SMILES string of the molecule is CC(C)(C)Nc1cccc(N2CCOCC2(C)C)n1. The molecule has 106 valence electrons. The summed E-state index contributed by atoms with van der Waals surface area (Å²) in [7, 11) is 0. The number of aromatic nitrogens is 1. The van der Waals surface area contributed by atoms with Crippen molar-refractivity contribution in [2.45, 2.75) is 45.7 Å². The standard InChI is InChI=1S/C15H25N3O/c1-14(2,3)17-12-7-6-8-13(16-12)18-9-10-19-11-15(18,4)5/h6-8H,9-11H2,1-5H3,(H,16,17). The summed E-state index contributed by atoms with van der Waals surface area (Å²) in [4.78, 5) is 7.06. The second kappa shape index (κ2) is 5.00. The number of morpholine rings is 1. The van der Waals surface area contributed by atoms with E-state index in [0.717, 1.165) is 31.4 Å². The Balaban J connectivity index is 2.23. The second-order valence-electron chi connectivity index (χ2n) is 6.77. The highest BCUT2D eigenvalue weighted by Crippen LogP contribution is 2.26. The van der Waals surface area contributed by atoms with Gasteiger partial charge >= 0.3 is 0 Å². The summed E-state index contributed by atoms with van der Waals surface area (Å²) in [6.07, 6.45) is 0. The Kier molecular flexibility index (Phi) is 3.72. The largest absolute Gasteiger partial charge is 0.377 e. The minimum atomic E-state index is -0.00833. The monoisotopic (exact) mass is 263 g/mol. The molecular formula is C15H25N3O. The smallest absolute Gasteiger partial charge is 0.131 e. The first kappa shape index (κ1) is 14.1. The van der Waals surface area contributed by atoms with E-state index in [-0.39, 0.29) is 11.1 Å². The van der Waals surface area contributed by atoms with Crippen molar-refractivity contribution in [1.82, 2.24) is 4.98 Å². The van der Waals surface area contributed by atoms with E-state index < -0.39 is 0 Å². The molecule has 0 bridgehead atoms. The molecule has 1 fully saturated rings. The van der Waals surface area contributed by atoms with Crippen LogP contribution in [0, 0.1) is 0 Å². The Hall–Kier alpha value is -1.29. The fourth-order valence-electron chi connectivity index (χ4n) is 2.31. The zero-order chi connectivity index (χ0) is 14.1. The molecule has 0 unspecified atom stereocenters. The van der Waals surface area contributed by atoms with Crippen LogP contribution in [0.1, 0.15) is 34.6 Å². The average Bonchev–Trinajstić information content (AvgIpc) is 2.26. The minimum Gasteiger partial charge on any atom is -0.377 e. The van der Waals surface area contributed by atoms with Crippen molar-refractivity contribution in [3.63, 3.8) is 0 Å². The van der Waals surface area contributed by atoms with Gasteiger partial charge in [0.25, 0.3) is 0 Å². The summed E-state index contributed by atoms with van der Waals surface area (Å²) in [5, 5.41) is 3.42. The molecule has 0 radical (unpaired) electrons. The van der Waals surface area contributed by atoms with Gasteiger partial charge in [-0.25, -0.2) is 4.98 Å². The summed E-state index contributed by atoms with van der Waals surface area (Å²) < 4.78 is 5.56. The first-order chi connectivity index (χ1) is 8.78. The zero-order valence-corrected chi connectivity index (χ0v) is 12.7. The lowest BCUT2D eigenvalue weighted by Gasteiger charge is -2.43. The van der Waals surface area contributed by atoms with Crippen LogP contribution in [0.15, 0.2) is 18.2 Å². The summed E-state index contributed by atoms with van der Waals surface area (Å²) >= 11 is 0. The maximum Gasteiger partial charge on any atom is 0.131 e. The Morgan fingerprint density at radius 2 is 2.05 bits per heavy atom. The van der Waals surface area contributed by atoms with E-state index in [1.807, 2.05) is 6.07 Å². The number of pyridine rings is 1. The quantitative estimate of drug-likeness (QED) is 0.890. The first-order valence-electron chi connectivity index (χ1n) is 6.89. The molecule has 1 aliphatic rings. The maximum absolute atomic E-state index is 5.56. The molecule has 4 heteroatoms. The van der Waals surface area contributed by atoms with Gasteiger partial charge in [0.2, 0.25) is 0 Å². The van der Waals surface area contributed by atoms with Crippen molar-refractivity contribution in [1.29, 1.82) is 0 Å². The summed E-state index contributed by atoms with van der Waals surface area (Å²) in [5.74, 6) is 1.94. The number of hydrogen-bond donors (Lipinski definition) is 1. The van der Waals surface area contributed by atoms with E-state index in [1.54, 1.807) is 0 Å². The van der Waals surface area contributed by atoms with Crippen molar-refractivity contribution >= 4 is 11.6 Å². The van der Waals surface area contributed by atoms with Crippen LogP contribution < -0.4 is 10.2 Å². The third-order valence-electron chi connectivity index (χ3n) is 3.16. The normalized spacial score (nSPS) is 19.3. The van der Waals surface area contributed by atoms with Crippen molar-refractivity contribution in [3.8, 4) is 0 Å². The predicted molar refractivity (Wildman–Crippen MR) is 79.9 cm³/mol. The molecule has 1 N–H and O–H groups in total. The highest BCUT2D eigenvalue weighted by Gasteiger charge is 2.31. The van der Waals surface area contributed by atoms with Crippen molar-refractivity contribution in [2.75, 3.05) is 30.0 Å². The molecule has 0 atom stereocenters. The third-order valence-corrected chi connectivity index (χ3v) is 3.16. The molecular weight excluding hydrogens is 238 g/mol. The molecule has 1 aromatic rings. The van der Waals surface area contributed by atoms with E-state index in [1.165, 1.54) is 0 Å². The van der Waals surface area contributed by atoms with Crippen LogP contribution in [0.2, 0.25) is 0 Å². The zero-order valence-electron chi connectivity index (χ0n) is 12.7. The van der Waals surface area contributed by atoms with Gasteiger partial charge in [0.1, 0.15) is 11.6 Å². The highest BCUT2D eigenvalue weighted by molar-refractivity contribution is 5.50. The van der Waals surface area contributed by atoms with E-state index in [0.29, 0.717) is 0 Å². The van der Waals surface area contributed by atoms with Crippen LogP contribution >= 0.6 is 0 Å². The molecule has 0 aromatic carbocycles. The van der Waals surface area contributed by atoms with E-state index >= 15 is 0 Å². The molecule has 1 saturated heterocycles. The molecule has 0 spiro atoms. The summed E-state index contributed by atoms with van der Waals surface area (Å²) in [6.45, 7) is 13.2. The van der Waals surface area contributed by atoms with Crippen LogP contribution in [-0.2, 0) is 4.74 Å². The molecule has 1 aliphatic heterocycles. The third kappa shape index (κ3) is 3.60. The molecule has 2 heterocycles. The van der Waals surface area contributed by atoms with Crippen molar-refractivity contribution in [3.05, 3.63) is 18.2 Å². The van der Waals surface area contributed by atoms with Gasteiger partial charge in [-0.05, 0) is 46.8 Å². The van der Waals surface area contributed by atoms with Crippen LogP contribution in [-0.4, -0.2) is 35.8 Å². The lowest BCUT2D eigenvalue weighted by Crippen LogP contribution is -2.53. The lowest BCUT2D eigenvalue weighted by atomic mass is 10.0. The molecule has 2 rings (SSSR count). The van der Waals surface area contributed by atoms with E-state index in [9.17, 15) is 0 Å². The first-order valence-corrected chi connectivity index (χ1v) is 6.89. The number of nitrogens with zero attached hydrogens (tertiary/aromatic N) is 2. The number of ether oxygens (including phenoxy) is 1. The highest BCUT2D eigenvalue weighted by atomic mass is 16.5. The fourth-order valence-corrected chi connectivity index (χ4v) is 2.31. The second-order valence-corrected chi connectivity index (χ2v) is 6.77. The molecule has 0 saturated carbocycles. The van der Waals surface area contributed by atoms with Crippen LogP contribution in [0.5, 0.6) is 0 Å². The summed E-state index contributed by atoms with van der Waals surface area (Å²) in [5.41, 5.74) is 0.0117. The van der Waals surface area contributed by atoms with Gasteiger partial charge in [0, 0.05) is 12.1 Å². The molecule has 4 nitrogen and oxygen atoms in total. The molecule has 0 aliphatic carbocycles. The number of anilines is 2. The van der Waals surface area contributed by atoms with Crippen LogP contribution in [0.25, 0.3) is 0 Å². The van der Waals surface area contributed by atoms with Gasteiger partial charge in [-0.1, -0.05) is 6.07 Å². The van der Waals surface area contributed by atoms with Crippen LogP contribution in [0.3, 0.4) is 0 Å². The predicted octanol–water partition coefficient (Wildman–Crippen LogP) is 2.91. The lowest BCUT2D eigenvalue weighted by molar-refractivity contribution is 0.0639. The maximum atomic E-state index is 5.56. The van der Waals surface area contributed by atoms with Gasteiger partial charge in [-0.3, -0.25) is 0 Å². The van der Waals surface area contributed by atoms with Crippen molar-refractivity contribution in [2.24, 2.45) is 0 Å². The summed E-state index contributed by atoms with van der Waals surface area (Å²) in [6, 6.07) is 6.14. The van der Waals surface area contributed by atoms with E-state index in [4.69, 9.17) is 9.72 Å². The topological polar surface area (TPSA) is 37.4 Å². The Morgan fingerprint density at radius 1 is 1.32 bits per heavy atom. The number of nitrogens with one attached hydrogen (secondary N) is 1. The van der Waals surface area contributed by atoms with Crippen LogP contribution in [0.4, 0.5) is 11.6 Å². The number of rotatable bonds is 2.